The average molecular weight is 770 g/mol. The van der Waals surface area contributed by atoms with Gasteiger partial charge in [0.15, 0.2) is 5.78 Å². The molecule has 1 aromatic carbocycles. The Labute approximate surface area is 306 Å². The van der Waals surface area contributed by atoms with Crippen molar-refractivity contribution in [3.05, 3.63) is 30.5 Å². The quantitative estimate of drug-likeness (QED) is 0.241. The van der Waals surface area contributed by atoms with E-state index in [-0.39, 0.29) is 31.2 Å². The van der Waals surface area contributed by atoms with Crippen molar-refractivity contribution in [2.45, 2.75) is 110 Å². The van der Waals surface area contributed by atoms with Crippen LogP contribution in [-0.2, 0) is 38.4 Å². The van der Waals surface area contributed by atoms with Crippen LogP contribution in [0, 0.1) is 23.2 Å². The first kappa shape index (κ1) is 40.2. The molecule has 0 spiro atoms. The van der Waals surface area contributed by atoms with Crippen molar-refractivity contribution < 1.29 is 59.2 Å². The fourth-order valence-electron chi connectivity index (χ4n) is 6.92. The van der Waals surface area contributed by atoms with E-state index in [1.54, 1.807) is 52.0 Å². The second kappa shape index (κ2) is 15.0. The smallest absolute Gasteiger partial charge is 0.392 e. The number of fused-ring (bicyclic) bond motifs is 1. The van der Waals surface area contributed by atoms with Crippen LogP contribution in [-0.4, -0.2) is 85.6 Å². The number of amides is 2. The number of carbonyl (C=O) groups excluding carboxylic acids is 4. The number of hydrogen-bond acceptors (Lipinski definition) is 11. The summed E-state index contributed by atoms with van der Waals surface area (Å²) in [6.07, 6.45) is -4.77. The van der Waals surface area contributed by atoms with Gasteiger partial charge in [0.2, 0.25) is 17.7 Å². The van der Waals surface area contributed by atoms with Crippen molar-refractivity contribution in [1.82, 2.24) is 14.6 Å². The summed E-state index contributed by atoms with van der Waals surface area (Å²) in [4.78, 5) is 60.2. The molecule has 2 aliphatic carbocycles. The number of nitrogens with zero attached hydrogens (tertiary/aromatic N) is 2. The maximum Gasteiger partial charge on any atom is 0.392 e. The number of rotatable bonds is 15. The normalized spacial score (nSPS) is 24.3. The molecule has 3 fully saturated rings. The molecule has 2 heterocycles. The zero-order valence-electron chi connectivity index (χ0n) is 30.5. The van der Waals surface area contributed by atoms with Gasteiger partial charge in [-0.15, -0.1) is 0 Å². The third-order valence-corrected chi connectivity index (χ3v) is 11.0. The van der Waals surface area contributed by atoms with Crippen molar-refractivity contribution in [3.8, 4) is 11.6 Å². The first-order chi connectivity index (χ1) is 24.7. The summed E-state index contributed by atoms with van der Waals surface area (Å²) < 4.78 is 91.5. The zero-order chi connectivity index (χ0) is 39.1. The van der Waals surface area contributed by atoms with Crippen LogP contribution in [0.1, 0.15) is 79.6 Å². The highest BCUT2D eigenvalue weighted by Gasteiger charge is 2.61. The molecule has 5 rings (SSSR count). The number of hydrogen-bond donors (Lipinski definition) is 1. The van der Waals surface area contributed by atoms with Crippen LogP contribution in [0.3, 0.4) is 0 Å². The van der Waals surface area contributed by atoms with E-state index in [1.807, 2.05) is 4.72 Å². The molecule has 53 heavy (non-hydrogen) atoms. The monoisotopic (exact) mass is 769 g/mol. The molecule has 1 saturated heterocycles. The number of Topliss-reactive ketones (excluding diaryl/α,β-unsaturated/α-hetero) is 1. The van der Waals surface area contributed by atoms with Gasteiger partial charge in [-0.25, -0.2) is 9.71 Å². The third kappa shape index (κ3) is 9.58. The highest BCUT2D eigenvalue weighted by atomic mass is 32.2. The first-order valence-corrected chi connectivity index (χ1v) is 19.0. The van der Waals surface area contributed by atoms with Crippen LogP contribution in [0.4, 0.5) is 13.2 Å². The number of benzene rings is 1. The Morgan fingerprint density at radius 3 is 2.38 bits per heavy atom. The minimum absolute atomic E-state index is 0.148. The Morgan fingerprint density at radius 1 is 1.09 bits per heavy atom. The summed E-state index contributed by atoms with van der Waals surface area (Å²) in [5.41, 5.74) is -2.48. The van der Waals surface area contributed by atoms with Gasteiger partial charge in [0.1, 0.15) is 17.5 Å². The number of ether oxygens (including phenoxy) is 3. The van der Waals surface area contributed by atoms with E-state index >= 15 is 0 Å². The van der Waals surface area contributed by atoms with Gasteiger partial charge >= 0.3 is 22.4 Å². The number of ketones is 1. The lowest BCUT2D eigenvalue weighted by Crippen LogP contribution is -2.49. The number of esters is 1. The van der Waals surface area contributed by atoms with Crippen molar-refractivity contribution in [2.24, 2.45) is 23.2 Å². The minimum Gasteiger partial charge on any atom is -0.497 e. The van der Waals surface area contributed by atoms with Crippen LogP contribution in [0.25, 0.3) is 10.8 Å². The summed E-state index contributed by atoms with van der Waals surface area (Å²) in [6, 6.07) is 5.50. The second-order valence-corrected chi connectivity index (χ2v) is 16.5. The second-order valence-electron chi connectivity index (χ2n) is 15.2. The number of halogens is 3. The van der Waals surface area contributed by atoms with Gasteiger partial charge in [-0.1, -0.05) is 20.3 Å². The molecule has 17 heteroatoms. The molecular formula is C36H46F3N3O10S. The standard InChI is InChI=1S/C36H46F3N3O10S/c1-7-22-17-35(22,33(46)41-53(47,48)52-23-8-9-23)18-29(43)28-15-25(50-31-26-11-10-24(49-6)14-21(26)12-13-40-31)19-42(28)32(45)27(20(2)36(37,38)39)16-30(44)51-34(3,4)5/h10-14,20,22-23,25,27-28H,7-9,15-19H2,1-6H3,(H,41,46)/t20?,22-,25-,27+,28+,35-/m1/s1. The van der Waals surface area contributed by atoms with E-state index in [0.29, 0.717) is 35.8 Å². The summed E-state index contributed by atoms with van der Waals surface area (Å²) in [5, 5.41) is 1.28. The van der Waals surface area contributed by atoms with Crippen LogP contribution < -0.4 is 14.2 Å². The Balaban J connectivity index is 1.46. The topological polar surface area (TPSA) is 168 Å². The Hall–Kier alpha value is -3.99. The third-order valence-electron chi connectivity index (χ3n) is 10.0. The van der Waals surface area contributed by atoms with Gasteiger partial charge in [-0.2, -0.15) is 21.6 Å². The van der Waals surface area contributed by atoms with E-state index in [0.717, 1.165) is 11.8 Å². The SMILES string of the molecule is CC[C@@H]1C[C@]1(CC(=O)[C@@H]1C[C@@H](Oc2nccc3cc(OC)ccc23)CN1C(=O)[C@@H](CC(=O)OC(C)(C)C)C(C)C(F)(F)F)C(=O)NS(=O)(=O)OC1CC1. The highest BCUT2D eigenvalue weighted by molar-refractivity contribution is 7.85. The molecule has 2 aromatic rings. The predicted molar refractivity (Wildman–Crippen MR) is 184 cm³/mol. The lowest BCUT2D eigenvalue weighted by Gasteiger charge is -2.32. The van der Waals surface area contributed by atoms with Crippen molar-refractivity contribution >= 4 is 44.6 Å². The fraction of sp³-hybridized carbons (Fsp3) is 0.639. The lowest BCUT2D eigenvalue weighted by molar-refractivity contribution is -0.193. The number of pyridine rings is 1. The number of nitrogens with one attached hydrogen (secondary N) is 1. The van der Waals surface area contributed by atoms with Crippen LogP contribution in [0.2, 0.25) is 0 Å². The van der Waals surface area contributed by atoms with Gasteiger partial charge in [0, 0.05) is 24.4 Å². The van der Waals surface area contributed by atoms with E-state index in [1.165, 1.54) is 13.3 Å². The van der Waals surface area contributed by atoms with Crippen LogP contribution >= 0.6 is 0 Å². The zero-order valence-corrected chi connectivity index (χ0v) is 31.3. The number of aromatic nitrogens is 1. The summed E-state index contributed by atoms with van der Waals surface area (Å²) in [6.45, 7) is 6.86. The molecule has 2 amide bonds. The molecule has 1 unspecified atom stereocenters. The van der Waals surface area contributed by atoms with Crippen LogP contribution in [0.5, 0.6) is 11.6 Å². The molecule has 292 valence electrons. The van der Waals surface area contributed by atoms with Crippen LogP contribution in [0.15, 0.2) is 30.5 Å². The molecular weight excluding hydrogens is 723 g/mol. The minimum atomic E-state index is -4.88. The fourth-order valence-corrected chi connectivity index (χ4v) is 7.95. The average Bonchev–Trinajstić information content (AvgIpc) is 3.97. The summed E-state index contributed by atoms with van der Waals surface area (Å²) in [5.74, 6) is -7.62. The Morgan fingerprint density at radius 2 is 1.79 bits per heavy atom. The van der Waals surface area contributed by atoms with Gasteiger partial charge in [-0.05, 0) is 75.6 Å². The molecule has 13 nitrogen and oxygen atoms in total. The Bertz CT molecular complexity index is 1850. The van der Waals surface area contributed by atoms with Gasteiger partial charge in [0.05, 0.1) is 49.5 Å². The van der Waals surface area contributed by atoms with Gasteiger partial charge in [-0.3, -0.25) is 23.4 Å². The van der Waals surface area contributed by atoms with Crippen molar-refractivity contribution in [3.63, 3.8) is 0 Å². The molecule has 0 radical (unpaired) electrons. The van der Waals surface area contributed by atoms with E-state index in [4.69, 9.17) is 18.4 Å². The highest BCUT2D eigenvalue weighted by Crippen LogP contribution is 2.58. The summed E-state index contributed by atoms with van der Waals surface area (Å²) >= 11 is 0. The molecule has 1 N–H and O–H groups in total. The number of alkyl halides is 3. The van der Waals surface area contributed by atoms with Crippen molar-refractivity contribution in [2.75, 3.05) is 13.7 Å². The Kier molecular flexibility index (Phi) is 11.4. The summed E-state index contributed by atoms with van der Waals surface area (Å²) in [7, 11) is -2.95. The molecule has 3 aliphatic rings. The molecule has 6 atom stereocenters. The van der Waals surface area contributed by atoms with Crippen molar-refractivity contribution in [1.29, 1.82) is 0 Å². The largest absolute Gasteiger partial charge is 0.497 e. The maximum absolute atomic E-state index is 14.3. The first-order valence-electron chi connectivity index (χ1n) is 17.6. The molecule has 2 saturated carbocycles. The van der Waals surface area contributed by atoms with E-state index < -0.39 is 94.0 Å². The van der Waals surface area contributed by atoms with E-state index in [2.05, 4.69) is 4.98 Å². The number of likely N-dealkylation sites (tertiary alicyclic amines) is 1. The van der Waals surface area contributed by atoms with Gasteiger partial charge < -0.3 is 19.1 Å². The number of carbonyl (C=O) groups is 4. The molecule has 1 aromatic heterocycles. The van der Waals surface area contributed by atoms with E-state index in [9.17, 15) is 40.8 Å². The van der Waals surface area contributed by atoms with Gasteiger partial charge in [0.25, 0.3) is 0 Å². The maximum atomic E-state index is 14.3. The lowest BCUT2D eigenvalue weighted by atomic mass is 9.87. The molecule has 1 aliphatic heterocycles. The number of methoxy groups -OCH3 is 1. The molecule has 0 bridgehead atoms. The predicted octanol–water partition coefficient (Wildman–Crippen LogP) is 5.05.